The van der Waals surface area contributed by atoms with Crippen molar-refractivity contribution in [1.82, 2.24) is 9.88 Å². The van der Waals surface area contributed by atoms with Gasteiger partial charge in [-0.3, -0.25) is 14.7 Å². The van der Waals surface area contributed by atoms with E-state index >= 15 is 0 Å². The van der Waals surface area contributed by atoms with E-state index in [1.807, 2.05) is 18.2 Å². The minimum atomic E-state index is -0.547. The number of carbonyl (C=O) groups is 1. The van der Waals surface area contributed by atoms with Crippen LogP contribution in [0.25, 0.3) is 10.9 Å². The number of hydrogen-bond donors (Lipinski definition) is 2. The van der Waals surface area contributed by atoms with Gasteiger partial charge in [-0.2, -0.15) is 0 Å². The molecule has 7 nitrogen and oxygen atoms in total. The number of hydrogen-bond acceptors (Lipinski definition) is 6. The average Bonchev–Trinajstić information content (AvgIpc) is 3.28. The van der Waals surface area contributed by atoms with Gasteiger partial charge in [0, 0.05) is 42.0 Å². The van der Waals surface area contributed by atoms with Gasteiger partial charge < -0.3 is 20.5 Å². The molecule has 3 aromatic rings. The standard InChI is InChI=1S/C24H28N4O3/c1-3-28(17-6-7-22(29)16(12-17)15-27-10-4-5-11-27)21-8-9-26-20-14-23(31-2)19(24(25)30)13-18(20)21/h6-9,12-14,29H,3-5,10-11,15H2,1-2H3,(H2,25,30). The lowest BCUT2D eigenvalue weighted by Gasteiger charge is -2.26. The number of ether oxygens (including phenoxy) is 1. The Bertz CT molecular complexity index is 1110. The summed E-state index contributed by atoms with van der Waals surface area (Å²) in [7, 11) is 1.51. The third-order valence-electron chi connectivity index (χ3n) is 5.88. The van der Waals surface area contributed by atoms with E-state index in [4.69, 9.17) is 10.5 Å². The Morgan fingerprint density at radius 1 is 1.23 bits per heavy atom. The van der Waals surface area contributed by atoms with Crippen LogP contribution in [0.2, 0.25) is 0 Å². The fourth-order valence-corrected chi connectivity index (χ4v) is 4.30. The number of phenols is 1. The molecule has 1 fully saturated rings. The normalized spacial score (nSPS) is 14.1. The number of amides is 1. The maximum Gasteiger partial charge on any atom is 0.252 e. The molecule has 0 atom stereocenters. The fourth-order valence-electron chi connectivity index (χ4n) is 4.30. The molecule has 162 valence electrons. The van der Waals surface area contributed by atoms with Crippen molar-refractivity contribution in [3.05, 3.63) is 53.7 Å². The van der Waals surface area contributed by atoms with Crippen LogP contribution in [0.4, 0.5) is 11.4 Å². The van der Waals surface area contributed by atoms with Crippen molar-refractivity contribution < 1.29 is 14.6 Å². The molecule has 0 aliphatic carbocycles. The molecule has 0 radical (unpaired) electrons. The summed E-state index contributed by atoms with van der Waals surface area (Å²) >= 11 is 0. The smallest absolute Gasteiger partial charge is 0.252 e. The van der Waals surface area contributed by atoms with E-state index in [0.29, 0.717) is 29.1 Å². The lowest BCUT2D eigenvalue weighted by Crippen LogP contribution is -2.20. The Balaban J connectivity index is 1.78. The number of nitrogens with zero attached hydrogens (tertiary/aromatic N) is 3. The summed E-state index contributed by atoms with van der Waals surface area (Å²) in [5.74, 6) is 0.173. The highest BCUT2D eigenvalue weighted by Crippen LogP contribution is 2.36. The van der Waals surface area contributed by atoms with Gasteiger partial charge in [0.2, 0.25) is 0 Å². The van der Waals surface area contributed by atoms with E-state index in [-0.39, 0.29) is 0 Å². The number of aromatic hydroxyl groups is 1. The van der Waals surface area contributed by atoms with Crippen LogP contribution in [0.15, 0.2) is 42.6 Å². The van der Waals surface area contributed by atoms with Crippen molar-refractivity contribution >= 4 is 28.2 Å². The Morgan fingerprint density at radius 2 is 2.00 bits per heavy atom. The van der Waals surface area contributed by atoms with E-state index in [9.17, 15) is 9.90 Å². The van der Waals surface area contributed by atoms with Crippen LogP contribution in [-0.4, -0.2) is 47.6 Å². The molecule has 1 saturated heterocycles. The molecular formula is C24H28N4O3. The number of carbonyl (C=O) groups excluding carboxylic acids is 1. The molecule has 4 rings (SSSR count). The molecule has 3 N–H and O–H groups in total. The highest BCUT2D eigenvalue weighted by atomic mass is 16.5. The number of benzene rings is 2. The summed E-state index contributed by atoms with van der Waals surface area (Å²) in [6.45, 7) is 5.63. The van der Waals surface area contributed by atoms with E-state index in [0.717, 1.165) is 42.0 Å². The van der Waals surface area contributed by atoms with Gasteiger partial charge in [-0.05, 0) is 63.2 Å². The number of anilines is 2. The summed E-state index contributed by atoms with van der Waals surface area (Å²) in [5.41, 5.74) is 9.41. The number of phenolic OH excluding ortho intramolecular Hbond substituents is 1. The number of aromatic nitrogens is 1. The Hall–Kier alpha value is -3.32. The van der Waals surface area contributed by atoms with Gasteiger partial charge >= 0.3 is 0 Å². The lowest BCUT2D eigenvalue weighted by molar-refractivity contribution is 0.0997. The topological polar surface area (TPSA) is 91.9 Å². The summed E-state index contributed by atoms with van der Waals surface area (Å²) in [4.78, 5) is 20.9. The molecular weight excluding hydrogens is 392 g/mol. The zero-order chi connectivity index (χ0) is 22.0. The second kappa shape index (κ2) is 8.81. The van der Waals surface area contributed by atoms with Gasteiger partial charge in [-0.15, -0.1) is 0 Å². The zero-order valence-corrected chi connectivity index (χ0v) is 18.0. The van der Waals surface area contributed by atoms with Crippen molar-refractivity contribution in [2.45, 2.75) is 26.3 Å². The van der Waals surface area contributed by atoms with Crippen LogP contribution in [0.1, 0.15) is 35.7 Å². The number of rotatable bonds is 7. The van der Waals surface area contributed by atoms with Crippen LogP contribution in [0.5, 0.6) is 11.5 Å². The molecule has 1 aliphatic heterocycles. The van der Waals surface area contributed by atoms with Gasteiger partial charge in [-0.1, -0.05) is 0 Å². The predicted molar refractivity (Wildman–Crippen MR) is 122 cm³/mol. The molecule has 31 heavy (non-hydrogen) atoms. The number of methoxy groups -OCH3 is 1. The fraction of sp³-hybridized carbons (Fsp3) is 0.333. The minimum absolute atomic E-state index is 0.312. The van der Waals surface area contributed by atoms with Crippen molar-refractivity contribution in [3.8, 4) is 11.5 Å². The van der Waals surface area contributed by atoms with E-state index in [2.05, 4.69) is 21.7 Å². The monoisotopic (exact) mass is 420 g/mol. The van der Waals surface area contributed by atoms with Gasteiger partial charge in [-0.25, -0.2) is 0 Å². The molecule has 0 spiro atoms. The largest absolute Gasteiger partial charge is 0.508 e. The minimum Gasteiger partial charge on any atom is -0.508 e. The molecule has 2 aromatic carbocycles. The molecule has 1 amide bonds. The predicted octanol–water partition coefficient (Wildman–Crippen LogP) is 3.80. The molecule has 7 heteroatoms. The quantitative estimate of drug-likeness (QED) is 0.604. The first-order chi connectivity index (χ1) is 15.0. The number of pyridine rings is 1. The van der Waals surface area contributed by atoms with Crippen LogP contribution in [0, 0.1) is 0 Å². The van der Waals surface area contributed by atoms with Gasteiger partial charge in [0.05, 0.1) is 23.9 Å². The third kappa shape index (κ3) is 4.14. The summed E-state index contributed by atoms with van der Waals surface area (Å²) in [6, 6.07) is 11.1. The van der Waals surface area contributed by atoms with Crippen molar-refractivity contribution in [2.24, 2.45) is 5.73 Å². The van der Waals surface area contributed by atoms with Crippen LogP contribution < -0.4 is 15.4 Å². The molecule has 0 saturated carbocycles. The first-order valence-corrected chi connectivity index (χ1v) is 10.6. The number of primary amides is 1. The SMILES string of the molecule is CCN(c1ccc(O)c(CN2CCCC2)c1)c1ccnc2cc(OC)c(C(N)=O)cc12. The van der Waals surface area contributed by atoms with Crippen molar-refractivity contribution in [2.75, 3.05) is 31.6 Å². The van der Waals surface area contributed by atoms with Crippen molar-refractivity contribution in [3.63, 3.8) is 0 Å². The highest BCUT2D eigenvalue weighted by Gasteiger charge is 2.19. The van der Waals surface area contributed by atoms with Crippen LogP contribution in [-0.2, 0) is 6.54 Å². The van der Waals surface area contributed by atoms with Gasteiger partial charge in [0.25, 0.3) is 5.91 Å². The number of fused-ring (bicyclic) bond motifs is 1. The average molecular weight is 421 g/mol. The van der Waals surface area contributed by atoms with Crippen molar-refractivity contribution in [1.29, 1.82) is 0 Å². The van der Waals surface area contributed by atoms with E-state index in [1.165, 1.54) is 20.0 Å². The van der Waals surface area contributed by atoms with E-state index < -0.39 is 5.91 Å². The maximum atomic E-state index is 12.0. The van der Waals surface area contributed by atoms with Crippen LogP contribution in [0.3, 0.4) is 0 Å². The second-order valence-electron chi connectivity index (χ2n) is 7.80. The maximum absolute atomic E-state index is 12.0. The van der Waals surface area contributed by atoms with Gasteiger partial charge in [0.15, 0.2) is 0 Å². The molecule has 0 bridgehead atoms. The summed E-state index contributed by atoms with van der Waals surface area (Å²) < 4.78 is 5.33. The Labute approximate surface area is 182 Å². The summed E-state index contributed by atoms with van der Waals surface area (Å²) in [5, 5.41) is 11.2. The van der Waals surface area contributed by atoms with Crippen LogP contribution >= 0.6 is 0 Å². The molecule has 1 aliphatic rings. The molecule has 2 heterocycles. The lowest BCUT2D eigenvalue weighted by atomic mass is 10.1. The Morgan fingerprint density at radius 3 is 2.68 bits per heavy atom. The molecule has 0 unspecified atom stereocenters. The zero-order valence-electron chi connectivity index (χ0n) is 18.0. The molecule has 1 aromatic heterocycles. The highest BCUT2D eigenvalue weighted by molar-refractivity contribution is 6.03. The first kappa shape index (κ1) is 20.9. The van der Waals surface area contributed by atoms with E-state index in [1.54, 1.807) is 24.4 Å². The Kier molecular flexibility index (Phi) is 5.95. The second-order valence-corrected chi connectivity index (χ2v) is 7.80. The third-order valence-corrected chi connectivity index (χ3v) is 5.88. The van der Waals surface area contributed by atoms with Gasteiger partial charge in [0.1, 0.15) is 11.5 Å². The first-order valence-electron chi connectivity index (χ1n) is 10.6. The number of nitrogens with two attached hydrogens (primary N) is 1. The summed E-state index contributed by atoms with van der Waals surface area (Å²) in [6.07, 6.45) is 4.15. The number of likely N-dealkylation sites (tertiary alicyclic amines) is 1.